The smallest absolute Gasteiger partial charge is 0.0254 e. The second-order valence-electron chi connectivity index (χ2n) is 3.52. The molecule has 0 aromatic rings. The summed E-state index contributed by atoms with van der Waals surface area (Å²) >= 11 is 0. The normalized spacial score (nSPS) is 21.3. The van der Waals surface area contributed by atoms with Crippen LogP contribution in [0.3, 0.4) is 0 Å². The summed E-state index contributed by atoms with van der Waals surface area (Å²) in [5, 5.41) is 0. The first-order valence-electron chi connectivity index (χ1n) is 4.03. The molecule has 0 bridgehead atoms. The highest BCUT2D eigenvalue weighted by Gasteiger charge is 2.23. The summed E-state index contributed by atoms with van der Waals surface area (Å²) in [5.74, 6) is 0. The maximum atomic E-state index is 3.73. The van der Waals surface area contributed by atoms with Crippen LogP contribution in [0.1, 0.15) is 32.6 Å². The molecule has 0 unspecified atom stereocenters. The van der Waals surface area contributed by atoms with E-state index < -0.39 is 0 Å². The molecule has 0 heterocycles. The van der Waals surface area contributed by atoms with Gasteiger partial charge in [-0.05, 0) is 31.1 Å². The monoisotopic (exact) mass is 136 g/mol. The topological polar surface area (TPSA) is 0 Å². The molecule has 0 radical (unpaired) electrons. The Morgan fingerprint density at radius 2 is 2.10 bits per heavy atom. The Morgan fingerprint density at radius 1 is 1.50 bits per heavy atom. The van der Waals surface area contributed by atoms with Gasteiger partial charge in [0.2, 0.25) is 0 Å². The van der Waals surface area contributed by atoms with Crippen LogP contribution in [-0.2, 0) is 0 Å². The molecule has 0 N–H and O–H groups in total. The fourth-order valence-corrected chi connectivity index (χ4v) is 1.47. The Kier molecular flexibility index (Phi) is 2.31. The van der Waals surface area contributed by atoms with Gasteiger partial charge in [0.25, 0.3) is 0 Å². The molecule has 10 heavy (non-hydrogen) atoms. The van der Waals surface area contributed by atoms with E-state index in [-0.39, 0.29) is 0 Å². The number of hydrogen-bond acceptors (Lipinski definition) is 0. The standard InChI is InChI=1S/C10H16/c1-3-4-7-10(2)8-5-6-9-10/h3,5-6H,1,4,7-9H2,2H3. The van der Waals surface area contributed by atoms with Gasteiger partial charge in [0.15, 0.2) is 0 Å². The maximum Gasteiger partial charge on any atom is -0.0254 e. The van der Waals surface area contributed by atoms with Gasteiger partial charge in [0.05, 0.1) is 0 Å². The van der Waals surface area contributed by atoms with Crippen molar-refractivity contribution in [2.75, 3.05) is 0 Å². The van der Waals surface area contributed by atoms with Crippen molar-refractivity contribution in [3.63, 3.8) is 0 Å². The highest BCUT2D eigenvalue weighted by atomic mass is 14.3. The molecule has 0 amide bonds. The summed E-state index contributed by atoms with van der Waals surface area (Å²) < 4.78 is 0. The van der Waals surface area contributed by atoms with Crippen LogP contribution in [-0.4, -0.2) is 0 Å². The van der Waals surface area contributed by atoms with E-state index in [1.165, 1.54) is 19.3 Å². The molecule has 56 valence electrons. The minimum absolute atomic E-state index is 0.564. The van der Waals surface area contributed by atoms with Crippen LogP contribution in [0.2, 0.25) is 0 Å². The molecular weight excluding hydrogens is 120 g/mol. The molecule has 1 aliphatic rings. The Bertz CT molecular complexity index is 134. The molecular formula is C10H16. The molecule has 0 aromatic heterocycles. The molecule has 0 fully saturated rings. The van der Waals surface area contributed by atoms with E-state index in [0.29, 0.717) is 5.41 Å². The van der Waals surface area contributed by atoms with Crippen molar-refractivity contribution >= 4 is 0 Å². The van der Waals surface area contributed by atoms with Crippen LogP contribution in [0.25, 0.3) is 0 Å². The molecule has 1 aliphatic carbocycles. The number of rotatable bonds is 3. The predicted molar refractivity (Wildman–Crippen MR) is 45.9 cm³/mol. The fraction of sp³-hybridized carbons (Fsp3) is 0.600. The summed E-state index contributed by atoms with van der Waals surface area (Å²) in [7, 11) is 0. The third-order valence-electron chi connectivity index (χ3n) is 2.34. The highest BCUT2D eigenvalue weighted by Crippen LogP contribution is 2.36. The number of hydrogen-bond donors (Lipinski definition) is 0. The molecule has 0 aliphatic heterocycles. The molecule has 0 atom stereocenters. The van der Waals surface area contributed by atoms with Gasteiger partial charge in [0.1, 0.15) is 0 Å². The van der Waals surface area contributed by atoms with Crippen LogP contribution in [0, 0.1) is 5.41 Å². The summed E-state index contributed by atoms with van der Waals surface area (Å²) in [4.78, 5) is 0. The Hall–Kier alpha value is -0.520. The van der Waals surface area contributed by atoms with E-state index in [4.69, 9.17) is 0 Å². The van der Waals surface area contributed by atoms with Crippen LogP contribution >= 0.6 is 0 Å². The predicted octanol–water partition coefficient (Wildman–Crippen LogP) is 3.31. The van der Waals surface area contributed by atoms with E-state index in [9.17, 15) is 0 Å². The van der Waals surface area contributed by atoms with Gasteiger partial charge in [-0.2, -0.15) is 0 Å². The first-order chi connectivity index (χ1) is 4.77. The summed E-state index contributed by atoms with van der Waals surface area (Å²) in [6.07, 6.45) is 11.6. The average Bonchev–Trinajstić information content (AvgIpc) is 2.33. The minimum atomic E-state index is 0.564. The van der Waals surface area contributed by atoms with Crippen LogP contribution in [0.15, 0.2) is 24.8 Å². The van der Waals surface area contributed by atoms with Crippen LogP contribution < -0.4 is 0 Å². The van der Waals surface area contributed by atoms with E-state index in [1.807, 2.05) is 6.08 Å². The fourth-order valence-electron chi connectivity index (χ4n) is 1.47. The molecule has 0 aromatic carbocycles. The lowest BCUT2D eigenvalue weighted by Gasteiger charge is -2.22. The zero-order valence-electron chi connectivity index (χ0n) is 6.77. The highest BCUT2D eigenvalue weighted by molar-refractivity contribution is 5.01. The Labute approximate surface area is 63.6 Å². The van der Waals surface area contributed by atoms with Gasteiger partial charge >= 0.3 is 0 Å². The zero-order valence-corrected chi connectivity index (χ0v) is 6.77. The minimum Gasteiger partial charge on any atom is -0.103 e. The maximum absolute atomic E-state index is 3.73. The lowest BCUT2D eigenvalue weighted by atomic mass is 9.83. The molecule has 0 heteroatoms. The van der Waals surface area contributed by atoms with Crippen molar-refractivity contribution < 1.29 is 0 Å². The van der Waals surface area contributed by atoms with Gasteiger partial charge in [-0.15, -0.1) is 6.58 Å². The zero-order chi connectivity index (χ0) is 7.45. The Morgan fingerprint density at radius 3 is 2.60 bits per heavy atom. The van der Waals surface area contributed by atoms with Gasteiger partial charge in [0, 0.05) is 0 Å². The molecule has 1 rings (SSSR count). The van der Waals surface area contributed by atoms with Crippen molar-refractivity contribution in [3.05, 3.63) is 24.8 Å². The lowest BCUT2D eigenvalue weighted by Crippen LogP contribution is -2.10. The SMILES string of the molecule is C=CCCC1(C)CC=CC1. The largest absolute Gasteiger partial charge is 0.103 e. The second-order valence-corrected chi connectivity index (χ2v) is 3.52. The summed E-state index contributed by atoms with van der Waals surface area (Å²) in [6.45, 7) is 6.09. The molecule has 0 nitrogen and oxygen atoms in total. The van der Waals surface area contributed by atoms with E-state index in [0.717, 1.165) is 6.42 Å². The van der Waals surface area contributed by atoms with Gasteiger partial charge in [-0.1, -0.05) is 25.2 Å². The number of allylic oxidation sites excluding steroid dienone is 3. The molecule has 0 saturated heterocycles. The first-order valence-corrected chi connectivity index (χ1v) is 4.03. The van der Waals surface area contributed by atoms with Gasteiger partial charge in [-0.3, -0.25) is 0 Å². The van der Waals surface area contributed by atoms with E-state index in [1.54, 1.807) is 0 Å². The first kappa shape index (κ1) is 7.59. The van der Waals surface area contributed by atoms with Crippen molar-refractivity contribution in [2.24, 2.45) is 5.41 Å². The average molecular weight is 136 g/mol. The third kappa shape index (κ3) is 1.73. The quantitative estimate of drug-likeness (QED) is 0.522. The second kappa shape index (κ2) is 3.05. The van der Waals surface area contributed by atoms with Crippen LogP contribution in [0.4, 0.5) is 0 Å². The third-order valence-corrected chi connectivity index (χ3v) is 2.34. The van der Waals surface area contributed by atoms with E-state index in [2.05, 4.69) is 25.7 Å². The molecule has 0 spiro atoms. The summed E-state index contributed by atoms with van der Waals surface area (Å²) in [5.41, 5.74) is 0.564. The Balaban J connectivity index is 2.31. The molecule has 0 saturated carbocycles. The van der Waals surface area contributed by atoms with Crippen molar-refractivity contribution in [1.29, 1.82) is 0 Å². The van der Waals surface area contributed by atoms with Crippen molar-refractivity contribution in [3.8, 4) is 0 Å². The van der Waals surface area contributed by atoms with Gasteiger partial charge in [-0.25, -0.2) is 0 Å². The van der Waals surface area contributed by atoms with E-state index >= 15 is 0 Å². The van der Waals surface area contributed by atoms with Gasteiger partial charge < -0.3 is 0 Å². The van der Waals surface area contributed by atoms with Crippen molar-refractivity contribution in [1.82, 2.24) is 0 Å². The van der Waals surface area contributed by atoms with Crippen LogP contribution in [0.5, 0.6) is 0 Å². The lowest BCUT2D eigenvalue weighted by molar-refractivity contribution is 0.325. The van der Waals surface area contributed by atoms with Crippen molar-refractivity contribution in [2.45, 2.75) is 32.6 Å². The summed E-state index contributed by atoms with van der Waals surface area (Å²) in [6, 6.07) is 0.